The number of benzene rings is 2. The lowest BCUT2D eigenvalue weighted by atomic mass is 10.2. The van der Waals surface area contributed by atoms with E-state index < -0.39 is 14.9 Å². The zero-order valence-corrected chi connectivity index (χ0v) is 17.2. The Morgan fingerprint density at radius 2 is 1.87 bits per heavy atom. The number of aromatic nitrogens is 3. The molecule has 1 N–H and O–H groups in total. The molecule has 1 fully saturated rings. The van der Waals surface area contributed by atoms with Crippen LogP contribution in [-0.4, -0.2) is 58.7 Å². The van der Waals surface area contributed by atoms with Gasteiger partial charge < -0.3 is 10.1 Å². The molecule has 0 aliphatic carbocycles. The van der Waals surface area contributed by atoms with Crippen LogP contribution in [0.1, 0.15) is 5.56 Å². The first kappa shape index (κ1) is 20.9. The van der Waals surface area contributed by atoms with Crippen LogP contribution in [0.25, 0.3) is 5.69 Å². The number of anilines is 1. The number of nitro benzene ring substituents is 1. The summed E-state index contributed by atoms with van der Waals surface area (Å²) in [5.74, 6) is 0. The van der Waals surface area contributed by atoms with Crippen LogP contribution in [0.5, 0.6) is 0 Å². The third kappa shape index (κ3) is 4.55. The van der Waals surface area contributed by atoms with E-state index in [1.807, 2.05) is 24.3 Å². The Morgan fingerprint density at radius 3 is 2.52 bits per heavy atom. The highest BCUT2D eigenvalue weighted by Gasteiger charge is 2.30. The normalized spacial score (nSPS) is 15.0. The second-order valence-corrected chi connectivity index (χ2v) is 8.72. The zero-order valence-electron chi connectivity index (χ0n) is 16.4. The van der Waals surface area contributed by atoms with Crippen LogP contribution in [0.4, 0.5) is 11.4 Å². The highest BCUT2D eigenvalue weighted by atomic mass is 32.2. The predicted molar refractivity (Wildman–Crippen MR) is 111 cm³/mol. The number of hydrogen-bond donors (Lipinski definition) is 1. The highest BCUT2D eigenvalue weighted by molar-refractivity contribution is 7.89. The molecule has 0 spiro atoms. The number of sulfonamides is 1. The fourth-order valence-electron chi connectivity index (χ4n) is 3.22. The van der Waals surface area contributed by atoms with Gasteiger partial charge in [-0.15, -0.1) is 0 Å². The first-order chi connectivity index (χ1) is 14.9. The van der Waals surface area contributed by atoms with Crippen molar-refractivity contribution in [3.8, 4) is 5.69 Å². The number of rotatable bonds is 7. The van der Waals surface area contributed by atoms with Crippen LogP contribution < -0.4 is 5.32 Å². The molecule has 0 amide bonds. The molecular formula is C19H20N6O5S. The quantitative estimate of drug-likeness (QED) is 0.431. The Bertz CT molecular complexity index is 1160. The summed E-state index contributed by atoms with van der Waals surface area (Å²) in [5.41, 5.74) is 1.76. The molecule has 12 heteroatoms. The zero-order chi connectivity index (χ0) is 21.8. The number of nitro groups is 1. The fraction of sp³-hybridized carbons (Fsp3) is 0.263. The van der Waals surface area contributed by atoms with E-state index in [0.717, 1.165) is 17.3 Å². The molecule has 0 radical (unpaired) electrons. The number of hydrogen-bond acceptors (Lipinski definition) is 8. The Balaban J connectivity index is 1.58. The summed E-state index contributed by atoms with van der Waals surface area (Å²) in [4.78, 5) is 14.4. The van der Waals surface area contributed by atoms with Gasteiger partial charge in [0.15, 0.2) is 0 Å². The lowest BCUT2D eigenvalue weighted by Crippen LogP contribution is -2.40. The van der Waals surface area contributed by atoms with Gasteiger partial charge in [-0.1, -0.05) is 12.1 Å². The van der Waals surface area contributed by atoms with Crippen molar-refractivity contribution in [2.45, 2.75) is 11.4 Å². The van der Waals surface area contributed by atoms with Crippen LogP contribution in [0, 0.1) is 10.1 Å². The van der Waals surface area contributed by atoms with Crippen molar-refractivity contribution >= 4 is 21.4 Å². The monoisotopic (exact) mass is 444 g/mol. The molecule has 31 heavy (non-hydrogen) atoms. The van der Waals surface area contributed by atoms with Gasteiger partial charge in [0.25, 0.3) is 5.69 Å². The molecule has 2 aromatic carbocycles. The van der Waals surface area contributed by atoms with E-state index in [-0.39, 0.29) is 36.9 Å². The van der Waals surface area contributed by atoms with E-state index >= 15 is 0 Å². The van der Waals surface area contributed by atoms with Crippen molar-refractivity contribution in [3.63, 3.8) is 0 Å². The van der Waals surface area contributed by atoms with E-state index in [1.54, 1.807) is 11.0 Å². The number of nitrogens with one attached hydrogen (secondary N) is 1. The minimum Gasteiger partial charge on any atom is -0.380 e. The SMILES string of the molecule is O=[N+]([O-])c1ccc(NCc2ccc(-n3cncn3)cc2)c(S(=O)(=O)N2CCOCC2)c1. The predicted octanol–water partition coefficient (Wildman–Crippen LogP) is 1.81. The van der Waals surface area contributed by atoms with Crippen LogP contribution in [0.2, 0.25) is 0 Å². The molecule has 0 saturated carbocycles. The van der Waals surface area contributed by atoms with Gasteiger partial charge in [0.05, 0.1) is 29.5 Å². The van der Waals surface area contributed by atoms with E-state index in [0.29, 0.717) is 12.2 Å². The lowest BCUT2D eigenvalue weighted by molar-refractivity contribution is -0.385. The second-order valence-electron chi connectivity index (χ2n) is 6.81. The maximum Gasteiger partial charge on any atom is 0.270 e. The maximum absolute atomic E-state index is 13.2. The third-order valence-electron chi connectivity index (χ3n) is 4.87. The average Bonchev–Trinajstić information content (AvgIpc) is 3.33. The topological polar surface area (TPSA) is 132 Å². The first-order valence-electron chi connectivity index (χ1n) is 9.49. The minimum atomic E-state index is -3.92. The van der Waals surface area contributed by atoms with Crippen molar-refractivity contribution in [2.24, 2.45) is 0 Å². The number of ether oxygens (including phenoxy) is 1. The molecule has 3 aromatic rings. The Labute approximate surface area is 178 Å². The summed E-state index contributed by atoms with van der Waals surface area (Å²) in [6, 6.07) is 11.3. The van der Waals surface area contributed by atoms with E-state index in [9.17, 15) is 18.5 Å². The largest absolute Gasteiger partial charge is 0.380 e. The molecule has 1 aliphatic rings. The smallest absolute Gasteiger partial charge is 0.270 e. The van der Waals surface area contributed by atoms with Crippen LogP contribution in [-0.2, 0) is 21.3 Å². The van der Waals surface area contributed by atoms with E-state index in [2.05, 4.69) is 15.4 Å². The molecule has 2 heterocycles. The fourth-order valence-corrected chi connectivity index (χ4v) is 4.81. The van der Waals surface area contributed by atoms with Crippen molar-refractivity contribution in [2.75, 3.05) is 31.6 Å². The molecule has 0 unspecified atom stereocenters. The number of morpholine rings is 1. The molecule has 11 nitrogen and oxygen atoms in total. The molecule has 162 valence electrons. The molecule has 0 bridgehead atoms. The van der Waals surface area contributed by atoms with Gasteiger partial charge in [0.2, 0.25) is 10.0 Å². The third-order valence-corrected chi connectivity index (χ3v) is 6.81. The van der Waals surface area contributed by atoms with Crippen molar-refractivity contribution in [3.05, 3.63) is 70.8 Å². The lowest BCUT2D eigenvalue weighted by Gasteiger charge is -2.27. The summed E-state index contributed by atoms with van der Waals surface area (Å²) in [6.45, 7) is 1.31. The minimum absolute atomic E-state index is 0.122. The van der Waals surface area contributed by atoms with Gasteiger partial charge in [-0.2, -0.15) is 9.40 Å². The Hall–Kier alpha value is -3.35. The Kier molecular flexibility index (Phi) is 5.93. The van der Waals surface area contributed by atoms with Gasteiger partial charge in [-0.25, -0.2) is 18.1 Å². The van der Waals surface area contributed by atoms with Gasteiger partial charge in [-0.05, 0) is 23.8 Å². The van der Waals surface area contributed by atoms with Gasteiger partial charge in [0, 0.05) is 31.8 Å². The van der Waals surface area contributed by atoms with Crippen molar-refractivity contribution in [1.82, 2.24) is 19.1 Å². The maximum atomic E-state index is 13.2. The van der Waals surface area contributed by atoms with Gasteiger partial charge in [-0.3, -0.25) is 10.1 Å². The standard InChI is InChI=1S/C19H20N6O5S/c26-25(27)17-5-6-18(19(11-17)31(28,29)23-7-9-30-10-8-23)21-12-15-1-3-16(4-2-15)24-14-20-13-22-24/h1-6,11,13-14,21H,7-10,12H2. The van der Waals surface area contributed by atoms with Gasteiger partial charge >= 0.3 is 0 Å². The first-order valence-corrected chi connectivity index (χ1v) is 10.9. The molecule has 1 saturated heterocycles. The molecule has 4 rings (SSSR count). The van der Waals surface area contributed by atoms with E-state index in [4.69, 9.17) is 4.74 Å². The molecule has 1 aliphatic heterocycles. The van der Waals surface area contributed by atoms with E-state index in [1.165, 1.54) is 22.8 Å². The summed E-state index contributed by atoms with van der Waals surface area (Å²) < 4.78 is 34.5. The molecule has 0 atom stereocenters. The van der Waals surface area contributed by atoms with Crippen LogP contribution in [0.15, 0.2) is 60.0 Å². The average molecular weight is 444 g/mol. The highest BCUT2D eigenvalue weighted by Crippen LogP contribution is 2.30. The molecular weight excluding hydrogens is 424 g/mol. The number of nitrogens with zero attached hydrogens (tertiary/aromatic N) is 5. The van der Waals surface area contributed by atoms with Gasteiger partial charge in [0.1, 0.15) is 17.6 Å². The summed E-state index contributed by atoms with van der Waals surface area (Å²) >= 11 is 0. The summed E-state index contributed by atoms with van der Waals surface area (Å²) in [5, 5.41) is 18.4. The molecule has 1 aromatic heterocycles. The number of non-ortho nitro benzene ring substituents is 1. The van der Waals surface area contributed by atoms with Crippen LogP contribution in [0.3, 0.4) is 0 Å². The van der Waals surface area contributed by atoms with Crippen molar-refractivity contribution in [1.29, 1.82) is 0 Å². The van der Waals surface area contributed by atoms with Crippen molar-refractivity contribution < 1.29 is 18.1 Å². The van der Waals surface area contributed by atoms with Crippen LogP contribution >= 0.6 is 0 Å². The second kappa shape index (κ2) is 8.79. The summed E-state index contributed by atoms with van der Waals surface area (Å²) in [6.07, 6.45) is 3.04. The summed E-state index contributed by atoms with van der Waals surface area (Å²) in [7, 11) is -3.92. The Morgan fingerprint density at radius 1 is 1.13 bits per heavy atom.